The van der Waals surface area contributed by atoms with E-state index in [2.05, 4.69) is 170 Å². The second-order valence-electron chi connectivity index (χ2n) is 16.9. The number of hydrogen-bond acceptors (Lipinski definition) is 4. The van der Waals surface area contributed by atoms with Gasteiger partial charge in [0, 0.05) is 21.2 Å². The second-order valence-corrected chi connectivity index (χ2v) is 17.7. The van der Waals surface area contributed by atoms with Crippen LogP contribution in [0.25, 0.3) is 67.4 Å². The Balaban J connectivity index is 1.07. The number of benzene rings is 7. The lowest BCUT2D eigenvalue weighted by Gasteiger charge is -2.30. The molecule has 0 atom stereocenters. The standard InChI is InChI=1S/C56H50IN3O/c1-3-4-5-6-7-8-9-16-39-33-38(37-23-27-42(58)28-24-37)25-29-43(39)53-41(35-57)31-36(2)32-48(53)55-60-59-54(61-55)40-26-30-47-46-19-12-15-22-51(46)56(52(47)34-40)49-20-13-10-17-44(49)45-18-11-14-21-50(45)56/h10-15,17-34H,3-9,16,35,58H2,1-2H3. The Morgan fingerprint density at radius 2 is 1.07 bits per heavy atom. The molecule has 4 nitrogen and oxygen atoms in total. The van der Waals surface area contributed by atoms with Crippen LogP contribution in [0.5, 0.6) is 0 Å². The second kappa shape index (κ2) is 16.6. The number of fused-ring (bicyclic) bond motifs is 10. The number of aryl methyl sites for hydroxylation is 2. The van der Waals surface area contributed by atoms with Gasteiger partial charge in [-0.25, -0.2) is 0 Å². The Labute approximate surface area is 373 Å². The van der Waals surface area contributed by atoms with Crippen LogP contribution in [-0.2, 0) is 16.3 Å². The Morgan fingerprint density at radius 1 is 0.508 bits per heavy atom. The van der Waals surface area contributed by atoms with Crippen molar-refractivity contribution < 1.29 is 4.42 Å². The van der Waals surface area contributed by atoms with Crippen molar-refractivity contribution in [2.45, 2.75) is 75.1 Å². The van der Waals surface area contributed by atoms with Crippen molar-refractivity contribution in [3.8, 4) is 67.4 Å². The highest BCUT2D eigenvalue weighted by Gasteiger charge is 2.51. The lowest BCUT2D eigenvalue weighted by atomic mass is 9.70. The van der Waals surface area contributed by atoms with Gasteiger partial charge in [0.2, 0.25) is 11.8 Å². The molecule has 0 unspecified atom stereocenters. The van der Waals surface area contributed by atoms with Gasteiger partial charge in [0.05, 0.1) is 5.41 Å². The number of nitrogen functional groups attached to an aromatic ring is 1. The van der Waals surface area contributed by atoms with E-state index in [-0.39, 0.29) is 0 Å². The molecule has 61 heavy (non-hydrogen) atoms. The first kappa shape index (κ1) is 39.4. The van der Waals surface area contributed by atoms with Crippen molar-refractivity contribution in [1.82, 2.24) is 10.2 Å². The molecule has 10 rings (SSSR count). The third kappa shape index (κ3) is 6.82. The topological polar surface area (TPSA) is 64.9 Å². The molecular formula is C56H50IN3O. The van der Waals surface area contributed by atoms with Crippen LogP contribution >= 0.6 is 22.6 Å². The highest BCUT2D eigenvalue weighted by Crippen LogP contribution is 2.63. The molecule has 1 spiro atoms. The minimum atomic E-state index is -0.443. The maximum Gasteiger partial charge on any atom is 0.248 e. The fourth-order valence-electron chi connectivity index (χ4n) is 10.3. The normalized spacial score (nSPS) is 13.0. The van der Waals surface area contributed by atoms with Gasteiger partial charge in [-0.05, 0) is 134 Å². The van der Waals surface area contributed by atoms with Gasteiger partial charge in [0.15, 0.2) is 0 Å². The van der Waals surface area contributed by atoms with Gasteiger partial charge >= 0.3 is 0 Å². The van der Waals surface area contributed by atoms with Crippen LogP contribution in [0.4, 0.5) is 5.69 Å². The maximum absolute atomic E-state index is 6.85. The average molecular weight is 908 g/mol. The zero-order valence-electron chi connectivity index (χ0n) is 35.0. The average Bonchev–Trinajstić information content (AvgIpc) is 3.99. The van der Waals surface area contributed by atoms with Gasteiger partial charge in [-0.3, -0.25) is 0 Å². The summed E-state index contributed by atoms with van der Waals surface area (Å²) in [6.07, 6.45) is 9.89. The largest absolute Gasteiger partial charge is 0.416 e. The van der Waals surface area contributed by atoms with Crippen LogP contribution in [0.15, 0.2) is 150 Å². The summed E-state index contributed by atoms with van der Waals surface area (Å²) < 4.78 is 7.71. The zero-order chi connectivity index (χ0) is 41.5. The van der Waals surface area contributed by atoms with Crippen LogP contribution in [0, 0.1) is 6.92 Å². The van der Waals surface area contributed by atoms with Crippen LogP contribution in [0.1, 0.15) is 90.8 Å². The van der Waals surface area contributed by atoms with Crippen molar-refractivity contribution in [1.29, 1.82) is 0 Å². The predicted octanol–water partition coefficient (Wildman–Crippen LogP) is 15.2. The molecule has 0 radical (unpaired) electrons. The number of nitrogens with zero attached hydrogens (tertiary/aromatic N) is 2. The SMILES string of the molecule is CCCCCCCCCc1cc(-c2ccc(N)cc2)ccc1-c1c(CI)cc(C)cc1-c1nnc(-c2ccc3c(c2)C2(c4ccccc4-c4ccccc42)c2ccccc2-3)o1. The highest BCUT2D eigenvalue weighted by molar-refractivity contribution is 14.1. The van der Waals surface area contributed by atoms with E-state index in [0.717, 1.165) is 34.1 Å². The van der Waals surface area contributed by atoms with Gasteiger partial charge in [0.1, 0.15) is 0 Å². The van der Waals surface area contributed by atoms with E-state index in [1.165, 1.54) is 122 Å². The molecule has 7 aromatic carbocycles. The lowest BCUT2D eigenvalue weighted by molar-refractivity contribution is 0.584. The summed E-state index contributed by atoms with van der Waals surface area (Å²) in [6.45, 7) is 4.45. The molecule has 2 aliphatic rings. The van der Waals surface area contributed by atoms with E-state index < -0.39 is 5.41 Å². The summed E-state index contributed by atoms with van der Waals surface area (Å²) in [4.78, 5) is 0. The summed E-state index contributed by atoms with van der Waals surface area (Å²) in [5.74, 6) is 1.06. The minimum absolute atomic E-state index is 0.443. The fourth-order valence-corrected chi connectivity index (χ4v) is 10.9. The monoisotopic (exact) mass is 907 g/mol. The molecule has 2 aliphatic carbocycles. The number of halogens is 1. The summed E-state index contributed by atoms with van der Waals surface area (Å²) in [5, 5.41) is 9.65. The van der Waals surface area contributed by atoms with Crippen molar-refractivity contribution in [3.05, 3.63) is 185 Å². The molecule has 1 heterocycles. The quantitative estimate of drug-likeness (QED) is 0.0542. The molecule has 0 bridgehead atoms. The Kier molecular flexibility index (Phi) is 10.7. The van der Waals surface area contributed by atoms with Crippen molar-refractivity contribution >= 4 is 28.3 Å². The Bertz CT molecular complexity index is 2840. The number of nitrogens with two attached hydrogens (primary N) is 1. The van der Waals surface area contributed by atoms with Crippen molar-refractivity contribution in [2.75, 3.05) is 5.73 Å². The number of anilines is 1. The molecule has 5 heteroatoms. The smallest absolute Gasteiger partial charge is 0.248 e. The highest BCUT2D eigenvalue weighted by atomic mass is 127. The van der Waals surface area contributed by atoms with Crippen LogP contribution in [-0.4, -0.2) is 10.2 Å². The minimum Gasteiger partial charge on any atom is -0.416 e. The fraction of sp³-hybridized carbons (Fsp3) is 0.214. The van der Waals surface area contributed by atoms with Gasteiger partial charge in [-0.2, -0.15) is 0 Å². The predicted molar refractivity (Wildman–Crippen MR) is 261 cm³/mol. The van der Waals surface area contributed by atoms with Crippen molar-refractivity contribution in [2.24, 2.45) is 0 Å². The van der Waals surface area contributed by atoms with Gasteiger partial charge < -0.3 is 10.2 Å². The third-order valence-electron chi connectivity index (χ3n) is 13.1. The van der Waals surface area contributed by atoms with Crippen LogP contribution < -0.4 is 5.73 Å². The van der Waals surface area contributed by atoms with E-state index in [1.807, 2.05) is 12.1 Å². The Hall–Kier alpha value is -5.79. The molecule has 0 fully saturated rings. The zero-order valence-corrected chi connectivity index (χ0v) is 37.1. The molecule has 302 valence electrons. The number of unbranched alkanes of at least 4 members (excludes halogenated alkanes) is 6. The number of hydrogen-bond donors (Lipinski definition) is 1. The van der Waals surface area contributed by atoms with E-state index >= 15 is 0 Å². The summed E-state index contributed by atoms with van der Waals surface area (Å²) in [6, 6.07) is 53.2. The van der Waals surface area contributed by atoms with E-state index in [0.29, 0.717) is 11.8 Å². The molecule has 8 aromatic rings. The lowest BCUT2D eigenvalue weighted by Crippen LogP contribution is -2.25. The van der Waals surface area contributed by atoms with Gasteiger partial charge in [0.25, 0.3) is 0 Å². The van der Waals surface area contributed by atoms with Crippen LogP contribution in [0.3, 0.4) is 0 Å². The first-order valence-electron chi connectivity index (χ1n) is 22.0. The van der Waals surface area contributed by atoms with Gasteiger partial charge in [-0.15, -0.1) is 10.2 Å². The summed E-state index contributed by atoms with van der Waals surface area (Å²) >= 11 is 2.51. The first-order chi connectivity index (χ1) is 30.0. The first-order valence-corrected chi connectivity index (χ1v) is 23.5. The number of rotatable bonds is 13. The summed E-state index contributed by atoms with van der Waals surface area (Å²) in [5.41, 5.74) is 27.2. The molecule has 0 amide bonds. The molecule has 0 saturated carbocycles. The van der Waals surface area contributed by atoms with Crippen molar-refractivity contribution in [3.63, 3.8) is 0 Å². The third-order valence-corrected chi connectivity index (χ3v) is 13.9. The molecule has 2 N–H and O–H groups in total. The molecule has 0 saturated heterocycles. The molecule has 1 aromatic heterocycles. The van der Waals surface area contributed by atoms with E-state index in [9.17, 15) is 0 Å². The molecular weight excluding hydrogens is 858 g/mol. The molecule has 0 aliphatic heterocycles. The van der Waals surface area contributed by atoms with Gasteiger partial charge in [-0.1, -0.05) is 183 Å². The van der Waals surface area contributed by atoms with Crippen LogP contribution in [0.2, 0.25) is 0 Å². The Morgan fingerprint density at radius 3 is 1.72 bits per heavy atom. The number of aromatic nitrogens is 2. The number of alkyl halides is 1. The summed E-state index contributed by atoms with van der Waals surface area (Å²) in [7, 11) is 0. The maximum atomic E-state index is 6.85. The van der Waals surface area contributed by atoms with E-state index in [1.54, 1.807) is 0 Å². The van der Waals surface area contributed by atoms with E-state index in [4.69, 9.17) is 20.3 Å².